The molecule has 4 nitrogen and oxygen atoms in total. The first-order valence-corrected chi connectivity index (χ1v) is 11.0. The molecule has 0 saturated heterocycles. The molecule has 1 aliphatic rings. The van der Waals surface area contributed by atoms with Crippen LogP contribution in [0, 0.1) is 25.2 Å². The number of benzene rings is 2. The Labute approximate surface area is 186 Å². The molecule has 0 bridgehead atoms. The van der Waals surface area contributed by atoms with Crippen molar-refractivity contribution in [1.82, 2.24) is 0 Å². The molecule has 1 N–H and O–H groups in total. The van der Waals surface area contributed by atoms with Crippen molar-refractivity contribution < 1.29 is 4.79 Å². The summed E-state index contributed by atoms with van der Waals surface area (Å²) < 4.78 is 0. The number of nitriles is 1. The van der Waals surface area contributed by atoms with E-state index in [1.54, 1.807) is 6.08 Å². The van der Waals surface area contributed by atoms with Crippen LogP contribution in [0.5, 0.6) is 0 Å². The Morgan fingerprint density at radius 2 is 1.90 bits per heavy atom. The average Bonchev–Trinajstić information content (AvgIpc) is 2.68. The number of hydrogen-bond donors (Lipinski definition) is 1. The number of carbonyl (C=O) groups excluding carboxylic acids is 1. The average molecular weight is 416 g/mol. The van der Waals surface area contributed by atoms with E-state index >= 15 is 0 Å². The number of amides is 1. The van der Waals surface area contributed by atoms with Crippen LogP contribution in [0.1, 0.15) is 69.2 Å². The summed E-state index contributed by atoms with van der Waals surface area (Å²) in [4.78, 5) is 15.2. The molecule has 0 saturated carbocycles. The van der Waals surface area contributed by atoms with Crippen molar-refractivity contribution in [1.29, 1.82) is 5.26 Å². The first-order chi connectivity index (χ1) is 14.5. The maximum absolute atomic E-state index is 12.7. The Morgan fingerprint density at radius 3 is 2.52 bits per heavy atom. The second kappa shape index (κ2) is 8.59. The summed E-state index contributed by atoms with van der Waals surface area (Å²) in [6.45, 7) is 15.3. The van der Waals surface area contributed by atoms with Crippen LogP contribution in [0.25, 0.3) is 6.08 Å². The highest BCUT2D eigenvalue weighted by Gasteiger charge is 2.37. The third-order valence-electron chi connectivity index (χ3n) is 6.26. The van der Waals surface area contributed by atoms with Gasteiger partial charge >= 0.3 is 0 Å². The lowest BCUT2D eigenvalue weighted by Crippen LogP contribution is -2.51. The van der Waals surface area contributed by atoms with E-state index in [0.29, 0.717) is 17.6 Å². The molecule has 31 heavy (non-hydrogen) atoms. The van der Waals surface area contributed by atoms with E-state index in [1.165, 1.54) is 11.3 Å². The summed E-state index contributed by atoms with van der Waals surface area (Å²) >= 11 is 0. The van der Waals surface area contributed by atoms with Crippen LogP contribution >= 0.6 is 0 Å². The largest absolute Gasteiger partial charge is 0.364 e. The van der Waals surface area contributed by atoms with Crippen LogP contribution in [0.2, 0.25) is 0 Å². The van der Waals surface area contributed by atoms with E-state index in [9.17, 15) is 10.1 Å². The van der Waals surface area contributed by atoms with Crippen LogP contribution in [-0.4, -0.2) is 17.5 Å². The number of fused-ring (bicyclic) bond motifs is 1. The fourth-order valence-corrected chi connectivity index (χ4v) is 4.87. The van der Waals surface area contributed by atoms with Crippen molar-refractivity contribution in [3.05, 3.63) is 64.2 Å². The molecule has 0 aliphatic carbocycles. The van der Waals surface area contributed by atoms with E-state index < -0.39 is 0 Å². The molecule has 1 heterocycles. The molecule has 0 fully saturated rings. The van der Waals surface area contributed by atoms with Crippen molar-refractivity contribution >= 4 is 23.4 Å². The molecular formula is C27H33N3O. The van der Waals surface area contributed by atoms with Crippen LogP contribution in [-0.2, 0) is 4.79 Å². The highest BCUT2D eigenvalue weighted by atomic mass is 16.1. The predicted molar refractivity (Wildman–Crippen MR) is 129 cm³/mol. The SMILES string of the molecule is Cc1ccc(NC(=O)/C(C#N)=C\c2ccc3c(c2)[C@@H](C)CC(C)(C)N3C(C)C)cc1C. The zero-order valence-electron chi connectivity index (χ0n) is 19.7. The van der Waals surface area contributed by atoms with Gasteiger partial charge in [0.05, 0.1) is 0 Å². The van der Waals surface area contributed by atoms with Gasteiger partial charge in [0.25, 0.3) is 5.91 Å². The predicted octanol–water partition coefficient (Wildman–Crippen LogP) is 6.35. The molecular weight excluding hydrogens is 382 g/mol. The molecule has 3 rings (SSSR count). The van der Waals surface area contributed by atoms with Crippen molar-refractivity contribution in [2.75, 3.05) is 10.2 Å². The summed E-state index contributed by atoms with van der Waals surface area (Å²) in [5.74, 6) is 0.0182. The van der Waals surface area contributed by atoms with Gasteiger partial charge in [0, 0.05) is 23.0 Å². The number of rotatable bonds is 4. The minimum absolute atomic E-state index is 0.0851. The van der Waals surface area contributed by atoms with Gasteiger partial charge in [0.1, 0.15) is 11.6 Å². The molecule has 162 valence electrons. The Hall–Kier alpha value is -3.06. The third kappa shape index (κ3) is 4.66. The quantitative estimate of drug-likeness (QED) is 0.467. The molecule has 2 aromatic carbocycles. The van der Waals surface area contributed by atoms with Crippen LogP contribution < -0.4 is 10.2 Å². The molecule has 1 amide bonds. The summed E-state index contributed by atoms with van der Waals surface area (Å²) in [6.07, 6.45) is 2.74. The lowest BCUT2D eigenvalue weighted by molar-refractivity contribution is -0.112. The van der Waals surface area contributed by atoms with Gasteiger partial charge in [0.15, 0.2) is 0 Å². The van der Waals surface area contributed by atoms with Crippen LogP contribution in [0.15, 0.2) is 42.0 Å². The molecule has 1 aliphatic heterocycles. The first-order valence-electron chi connectivity index (χ1n) is 11.0. The van der Waals surface area contributed by atoms with Gasteiger partial charge in [-0.05, 0) is 106 Å². The Balaban J connectivity index is 1.91. The number of nitrogens with zero attached hydrogens (tertiary/aromatic N) is 2. The van der Waals surface area contributed by atoms with E-state index in [2.05, 4.69) is 63.0 Å². The topological polar surface area (TPSA) is 56.1 Å². The highest BCUT2D eigenvalue weighted by Crippen LogP contribution is 2.44. The monoisotopic (exact) mass is 415 g/mol. The summed E-state index contributed by atoms with van der Waals surface area (Å²) in [5.41, 5.74) is 6.54. The van der Waals surface area contributed by atoms with E-state index in [0.717, 1.165) is 23.1 Å². The summed E-state index contributed by atoms with van der Waals surface area (Å²) in [7, 11) is 0. The lowest BCUT2D eigenvalue weighted by Gasteiger charge is -2.50. The zero-order valence-corrected chi connectivity index (χ0v) is 19.7. The molecule has 4 heteroatoms. The minimum Gasteiger partial charge on any atom is -0.364 e. The molecule has 1 atom stereocenters. The van der Waals surface area contributed by atoms with Gasteiger partial charge in [-0.2, -0.15) is 5.26 Å². The Morgan fingerprint density at radius 1 is 1.19 bits per heavy atom. The van der Waals surface area contributed by atoms with Crippen molar-refractivity contribution in [3.63, 3.8) is 0 Å². The van der Waals surface area contributed by atoms with Gasteiger partial charge in [-0.15, -0.1) is 0 Å². The molecule has 0 spiro atoms. The first kappa shape index (κ1) is 22.6. The maximum atomic E-state index is 12.7. The van der Waals surface area contributed by atoms with Crippen molar-refractivity contribution in [2.24, 2.45) is 0 Å². The second-order valence-electron chi connectivity index (χ2n) is 9.62. The summed E-state index contributed by atoms with van der Waals surface area (Å²) in [6, 6.07) is 14.5. The van der Waals surface area contributed by atoms with Crippen molar-refractivity contribution in [2.45, 2.75) is 72.4 Å². The highest BCUT2D eigenvalue weighted by molar-refractivity contribution is 6.09. The lowest BCUT2D eigenvalue weighted by atomic mass is 9.79. The standard InChI is InChI=1S/C27H33N3O/c1-17(2)30-25-11-9-21(14-24(25)20(5)15-27(30,6)7)13-22(16-28)26(31)29-23-10-8-18(3)19(4)12-23/h8-14,17,20H,15H2,1-7H3,(H,29,31)/b22-13-/t20-/m0/s1. The minimum atomic E-state index is -0.388. The molecule has 0 unspecified atom stereocenters. The molecule has 0 aromatic heterocycles. The number of hydrogen-bond acceptors (Lipinski definition) is 3. The Kier molecular flexibility index (Phi) is 6.27. The van der Waals surface area contributed by atoms with Gasteiger partial charge in [-0.25, -0.2) is 0 Å². The van der Waals surface area contributed by atoms with Crippen molar-refractivity contribution in [3.8, 4) is 6.07 Å². The maximum Gasteiger partial charge on any atom is 0.266 e. The fraction of sp³-hybridized carbons (Fsp3) is 0.407. The second-order valence-corrected chi connectivity index (χ2v) is 9.62. The van der Waals surface area contributed by atoms with E-state index in [4.69, 9.17) is 0 Å². The fourth-order valence-electron chi connectivity index (χ4n) is 4.87. The van der Waals surface area contributed by atoms with Crippen LogP contribution in [0.3, 0.4) is 0 Å². The third-order valence-corrected chi connectivity index (χ3v) is 6.26. The number of anilines is 2. The van der Waals surface area contributed by atoms with Gasteiger partial charge in [0.2, 0.25) is 0 Å². The van der Waals surface area contributed by atoms with Gasteiger partial charge in [-0.1, -0.05) is 19.1 Å². The number of nitrogens with one attached hydrogen (secondary N) is 1. The van der Waals surface area contributed by atoms with Gasteiger partial charge in [-0.3, -0.25) is 4.79 Å². The number of aryl methyl sites for hydroxylation is 2. The van der Waals surface area contributed by atoms with Gasteiger partial charge < -0.3 is 10.2 Å². The van der Waals surface area contributed by atoms with Crippen LogP contribution in [0.4, 0.5) is 11.4 Å². The molecule has 2 aromatic rings. The normalized spacial score (nSPS) is 17.8. The summed E-state index contributed by atoms with van der Waals surface area (Å²) in [5, 5.41) is 12.5. The van der Waals surface area contributed by atoms with E-state index in [-0.39, 0.29) is 17.0 Å². The Bertz CT molecular complexity index is 1070. The zero-order chi connectivity index (χ0) is 22.9. The molecule has 0 radical (unpaired) electrons. The number of carbonyl (C=O) groups is 1. The van der Waals surface area contributed by atoms with E-state index in [1.807, 2.05) is 38.1 Å². The smallest absolute Gasteiger partial charge is 0.266 e.